The molecule has 0 bridgehead atoms. The zero-order valence-corrected chi connectivity index (χ0v) is 27.7. The maximum atomic E-state index is 14.2. The number of nitrogens with zero attached hydrogens (tertiary/aromatic N) is 2. The van der Waals surface area contributed by atoms with Crippen LogP contribution >= 0.6 is 0 Å². The molecule has 10 nitrogen and oxygen atoms in total. The van der Waals surface area contributed by atoms with Crippen molar-refractivity contribution in [2.45, 2.75) is 76.3 Å². The van der Waals surface area contributed by atoms with Gasteiger partial charge >= 0.3 is 0 Å². The predicted octanol–water partition coefficient (Wildman–Crippen LogP) is 5.41. The number of likely N-dealkylation sites (tertiary alicyclic amines) is 1. The van der Waals surface area contributed by atoms with Crippen LogP contribution in [0.2, 0.25) is 0 Å². The SMILES string of the molecule is CCCc1cc(C(=O)N(CC2CCCN2CC)S(=O)(=O)c2ccc(C(C)C)cc2)ccc1OC(C(N)=O)c1ccc2c(c1)OCO2. The van der Waals surface area contributed by atoms with Gasteiger partial charge in [-0.05, 0) is 91.9 Å². The van der Waals surface area contributed by atoms with E-state index in [1.165, 1.54) is 0 Å². The third kappa shape index (κ3) is 7.00. The molecule has 0 aliphatic carbocycles. The predicted molar refractivity (Wildman–Crippen MR) is 175 cm³/mol. The highest BCUT2D eigenvalue weighted by Gasteiger charge is 2.36. The van der Waals surface area contributed by atoms with E-state index in [2.05, 4.69) is 4.90 Å². The molecule has 3 aromatic rings. The first-order valence-electron chi connectivity index (χ1n) is 15.9. The zero-order chi connectivity index (χ0) is 33.0. The Kier molecular flexibility index (Phi) is 10.2. The smallest absolute Gasteiger partial charge is 0.267 e. The first-order chi connectivity index (χ1) is 22.0. The van der Waals surface area contributed by atoms with E-state index in [9.17, 15) is 18.0 Å². The van der Waals surface area contributed by atoms with E-state index in [0.29, 0.717) is 34.8 Å². The highest BCUT2D eigenvalue weighted by atomic mass is 32.2. The van der Waals surface area contributed by atoms with Gasteiger partial charge in [0.2, 0.25) is 12.9 Å². The number of ether oxygens (including phenoxy) is 3. The van der Waals surface area contributed by atoms with Gasteiger partial charge < -0.3 is 19.9 Å². The lowest BCUT2D eigenvalue weighted by Crippen LogP contribution is -2.46. The number of primary amides is 1. The molecule has 1 fully saturated rings. The minimum atomic E-state index is -4.17. The van der Waals surface area contributed by atoms with Crippen molar-refractivity contribution in [2.24, 2.45) is 5.73 Å². The zero-order valence-electron chi connectivity index (χ0n) is 26.9. The molecule has 2 aliphatic heterocycles. The number of carbonyl (C=O) groups excluding carboxylic acids is 2. The van der Waals surface area contributed by atoms with Gasteiger partial charge in [-0.3, -0.25) is 14.5 Å². The highest BCUT2D eigenvalue weighted by Crippen LogP contribution is 2.36. The Hall–Kier alpha value is -4.09. The Balaban J connectivity index is 1.48. The Morgan fingerprint density at radius 2 is 1.72 bits per heavy atom. The molecule has 0 radical (unpaired) electrons. The van der Waals surface area contributed by atoms with E-state index in [1.54, 1.807) is 60.7 Å². The van der Waals surface area contributed by atoms with E-state index in [1.807, 2.05) is 27.7 Å². The molecular formula is C35H43N3O7S. The van der Waals surface area contributed by atoms with Gasteiger partial charge in [0.25, 0.3) is 21.8 Å². The summed E-state index contributed by atoms with van der Waals surface area (Å²) >= 11 is 0. The molecule has 0 saturated carbocycles. The summed E-state index contributed by atoms with van der Waals surface area (Å²) in [5.74, 6) is 0.374. The van der Waals surface area contributed by atoms with Crippen LogP contribution in [-0.2, 0) is 21.2 Å². The molecule has 1 saturated heterocycles. The van der Waals surface area contributed by atoms with Crippen LogP contribution in [0.1, 0.15) is 86.0 Å². The topological polar surface area (TPSA) is 128 Å². The lowest BCUT2D eigenvalue weighted by Gasteiger charge is -2.30. The maximum absolute atomic E-state index is 14.2. The number of amides is 2. The lowest BCUT2D eigenvalue weighted by atomic mass is 10.0. The first kappa shape index (κ1) is 33.3. The summed E-state index contributed by atoms with van der Waals surface area (Å²) in [6.07, 6.45) is 1.87. The normalized spacial score (nSPS) is 16.8. The molecule has 11 heteroatoms. The van der Waals surface area contributed by atoms with Crippen molar-refractivity contribution in [3.63, 3.8) is 0 Å². The second-order valence-corrected chi connectivity index (χ2v) is 13.9. The largest absolute Gasteiger partial charge is 0.476 e. The fourth-order valence-electron chi connectivity index (χ4n) is 6.08. The number of fused-ring (bicyclic) bond motifs is 1. The molecule has 2 unspecified atom stereocenters. The Morgan fingerprint density at radius 3 is 2.39 bits per heavy atom. The van der Waals surface area contributed by atoms with Gasteiger partial charge in [0.15, 0.2) is 11.5 Å². The average Bonchev–Trinajstić information content (AvgIpc) is 3.71. The summed E-state index contributed by atoms with van der Waals surface area (Å²) < 4.78 is 46.3. The molecule has 0 spiro atoms. The number of likely N-dealkylation sites (N-methyl/N-ethyl adjacent to an activating group) is 1. The van der Waals surface area contributed by atoms with Crippen LogP contribution < -0.4 is 19.9 Å². The van der Waals surface area contributed by atoms with Crippen LogP contribution in [0.25, 0.3) is 0 Å². The van der Waals surface area contributed by atoms with Gasteiger partial charge in [0.1, 0.15) is 5.75 Å². The third-order valence-corrected chi connectivity index (χ3v) is 10.4. The van der Waals surface area contributed by atoms with Crippen molar-refractivity contribution < 1.29 is 32.2 Å². The van der Waals surface area contributed by atoms with Gasteiger partial charge in [0.05, 0.1) is 11.4 Å². The molecule has 2 atom stereocenters. The van der Waals surface area contributed by atoms with Crippen molar-refractivity contribution >= 4 is 21.8 Å². The van der Waals surface area contributed by atoms with Gasteiger partial charge in [-0.1, -0.05) is 52.3 Å². The molecule has 2 heterocycles. The van der Waals surface area contributed by atoms with E-state index >= 15 is 0 Å². The fraction of sp³-hybridized carbons (Fsp3) is 0.429. The molecule has 5 rings (SSSR count). The van der Waals surface area contributed by atoms with Gasteiger partial charge in [-0.2, -0.15) is 0 Å². The minimum Gasteiger partial charge on any atom is -0.476 e. The molecule has 2 N–H and O–H groups in total. The van der Waals surface area contributed by atoms with Crippen molar-refractivity contribution in [1.82, 2.24) is 9.21 Å². The molecule has 46 heavy (non-hydrogen) atoms. The second-order valence-electron chi connectivity index (χ2n) is 12.1. The summed E-state index contributed by atoms with van der Waals surface area (Å²) in [6, 6.07) is 16.6. The van der Waals surface area contributed by atoms with Gasteiger partial charge in [-0.15, -0.1) is 0 Å². The van der Waals surface area contributed by atoms with Crippen LogP contribution in [0.3, 0.4) is 0 Å². The number of nitrogens with two attached hydrogens (primary N) is 1. The molecule has 246 valence electrons. The van der Waals surface area contributed by atoms with Crippen molar-refractivity contribution in [1.29, 1.82) is 0 Å². The summed E-state index contributed by atoms with van der Waals surface area (Å²) in [4.78, 5) is 29.1. The summed E-state index contributed by atoms with van der Waals surface area (Å²) in [5.41, 5.74) is 8.16. The van der Waals surface area contributed by atoms with Crippen LogP contribution in [0.4, 0.5) is 0 Å². The number of hydrogen-bond acceptors (Lipinski definition) is 8. The first-order valence-corrected chi connectivity index (χ1v) is 17.4. The number of rotatable bonds is 13. The number of hydrogen-bond donors (Lipinski definition) is 1. The molecule has 3 aromatic carbocycles. The number of sulfonamides is 1. The summed E-state index contributed by atoms with van der Waals surface area (Å²) in [5, 5.41) is 0. The summed E-state index contributed by atoms with van der Waals surface area (Å²) in [6.45, 7) is 9.89. The van der Waals surface area contributed by atoms with Gasteiger partial charge in [-0.25, -0.2) is 12.7 Å². The Labute approximate surface area is 271 Å². The Morgan fingerprint density at radius 1 is 1.00 bits per heavy atom. The van der Waals surface area contributed by atoms with Crippen LogP contribution in [0.15, 0.2) is 65.6 Å². The average molecular weight is 650 g/mol. The standard InChI is InChI=1S/C35H43N3O7S/c1-5-8-25-19-27(13-16-30(25)45-33(34(36)39)26-12-17-31-32(20-26)44-22-43-31)35(40)38(21-28-9-7-18-37(28)6-2)46(41,42)29-14-10-24(11-15-29)23(3)4/h10-17,19-20,23,28,33H,5-9,18,21-22H2,1-4H3,(H2,36,39). The molecule has 2 amide bonds. The van der Waals surface area contributed by atoms with Gasteiger partial charge in [0, 0.05) is 17.2 Å². The minimum absolute atomic E-state index is 0.0518. The lowest BCUT2D eigenvalue weighted by molar-refractivity contribution is -0.125. The van der Waals surface area contributed by atoms with Crippen LogP contribution in [0, 0.1) is 0 Å². The third-order valence-electron chi connectivity index (χ3n) is 8.67. The highest BCUT2D eigenvalue weighted by molar-refractivity contribution is 7.89. The van der Waals surface area contributed by atoms with Crippen molar-refractivity contribution in [3.05, 3.63) is 82.9 Å². The molecule has 2 aliphatic rings. The maximum Gasteiger partial charge on any atom is 0.267 e. The summed E-state index contributed by atoms with van der Waals surface area (Å²) in [7, 11) is -4.17. The van der Waals surface area contributed by atoms with E-state index in [0.717, 1.165) is 42.2 Å². The van der Waals surface area contributed by atoms with Crippen molar-refractivity contribution in [2.75, 3.05) is 26.4 Å². The quantitative estimate of drug-likeness (QED) is 0.260. The van der Waals surface area contributed by atoms with E-state index in [4.69, 9.17) is 19.9 Å². The monoisotopic (exact) mass is 649 g/mol. The number of carbonyl (C=O) groups is 2. The number of aryl methyl sites for hydroxylation is 1. The van der Waals surface area contributed by atoms with Crippen LogP contribution in [-0.4, -0.2) is 61.9 Å². The molecule has 0 aromatic heterocycles. The van der Waals surface area contributed by atoms with E-state index in [-0.39, 0.29) is 35.8 Å². The molecular weight excluding hydrogens is 606 g/mol. The fourth-order valence-corrected chi connectivity index (χ4v) is 7.51. The Bertz CT molecular complexity index is 1670. The van der Waals surface area contributed by atoms with E-state index < -0.39 is 27.9 Å². The van der Waals surface area contributed by atoms with Crippen LogP contribution in [0.5, 0.6) is 17.2 Å². The second kappa shape index (κ2) is 14.1. The van der Waals surface area contributed by atoms with Crippen molar-refractivity contribution in [3.8, 4) is 17.2 Å². The number of benzene rings is 3.